The van der Waals surface area contributed by atoms with E-state index in [-0.39, 0.29) is 11.4 Å². The standard InChI is InChI=1S/C32H29FO3/c33-29-14-10-24(11-15-29)26-13-17-31(32(34)35)28(19-26)9-7-22-6-8-27-20-30(16-12-25(27)18-22)36-21-23-4-2-1-3-5-23/h6-20,23H,1-5,21H2,(H,34,35). The molecule has 0 aliphatic heterocycles. The third-order valence-electron chi connectivity index (χ3n) is 6.96. The van der Waals surface area contributed by atoms with Gasteiger partial charge in [0.1, 0.15) is 11.6 Å². The molecule has 0 atom stereocenters. The summed E-state index contributed by atoms with van der Waals surface area (Å²) >= 11 is 0. The zero-order valence-corrected chi connectivity index (χ0v) is 20.1. The number of carbonyl (C=O) groups is 1. The molecule has 0 unspecified atom stereocenters. The Morgan fingerprint density at radius 3 is 2.33 bits per heavy atom. The molecule has 1 aliphatic carbocycles. The van der Waals surface area contributed by atoms with E-state index in [1.807, 2.05) is 30.4 Å². The first-order valence-corrected chi connectivity index (χ1v) is 12.5. The van der Waals surface area contributed by atoms with E-state index >= 15 is 0 Å². The van der Waals surface area contributed by atoms with Gasteiger partial charge in [0.15, 0.2) is 0 Å². The predicted octanol–water partition coefficient (Wildman–Crippen LogP) is 8.47. The lowest BCUT2D eigenvalue weighted by Gasteiger charge is -2.21. The van der Waals surface area contributed by atoms with Crippen LogP contribution in [0, 0.1) is 11.7 Å². The van der Waals surface area contributed by atoms with E-state index < -0.39 is 5.97 Å². The van der Waals surface area contributed by atoms with E-state index in [0.29, 0.717) is 11.5 Å². The second-order valence-electron chi connectivity index (χ2n) is 9.53. The first-order chi connectivity index (χ1) is 17.5. The van der Waals surface area contributed by atoms with Gasteiger partial charge in [0.05, 0.1) is 12.2 Å². The van der Waals surface area contributed by atoms with Crippen molar-refractivity contribution < 1.29 is 19.0 Å². The smallest absolute Gasteiger partial charge is 0.336 e. The van der Waals surface area contributed by atoms with Crippen molar-refractivity contribution in [3.8, 4) is 16.9 Å². The summed E-state index contributed by atoms with van der Waals surface area (Å²) in [5.41, 5.74) is 3.45. The highest BCUT2D eigenvalue weighted by Gasteiger charge is 2.14. The molecule has 1 saturated carbocycles. The molecular weight excluding hydrogens is 451 g/mol. The molecule has 1 aliphatic rings. The Bertz CT molecular complexity index is 1400. The number of halogens is 1. The van der Waals surface area contributed by atoms with Crippen LogP contribution in [-0.2, 0) is 0 Å². The molecule has 5 rings (SSSR count). The molecule has 0 bridgehead atoms. The lowest BCUT2D eigenvalue weighted by atomic mass is 9.90. The van der Waals surface area contributed by atoms with Crippen molar-refractivity contribution in [2.75, 3.05) is 6.61 Å². The Hall–Kier alpha value is -3.92. The summed E-state index contributed by atoms with van der Waals surface area (Å²) in [5.74, 6) is 0.277. The van der Waals surface area contributed by atoms with Gasteiger partial charge in [0.2, 0.25) is 0 Å². The maximum Gasteiger partial charge on any atom is 0.336 e. The molecule has 4 aromatic carbocycles. The summed E-state index contributed by atoms with van der Waals surface area (Å²) in [5, 5.41) is 11.9. The van der Waals surface area contributed by atoms with Gasteiger partial charge in [-0.2, -0.15) is 0 Å². The summed E-state index contributed by atoms with van der Waals surface area (Å²) in [7, 11) is 0. The van der Waals surface area contributed by atoms with Gasteiger partial charge in [-0.15, -0.1) is 0 Å². The van der Waals surface area contributed by atoms with Gasteiger partial charge in [-0.05, 0) is 94.3 Å². The molecule has 182 valence electrons. The molecule has 0 heterocycles. The Balaban J connectivity index is 1.35. The first-order valence-electron chi connectivity index (χ1n) is 12.5. The van der Waals surface area contributed by atoms with Crippen LogP contribution in [0.5, 0.6) is 5.75 Å². The Labute approximate surface area is 210 Å². The number of aromatic carboxylic acids is 1. The van der Waals surface area contributed by atoms with Gasteiger partial charge >= 0.3 is 5.97 Å². The van der Waals surface area contributed by atoms with Crippen LogP contribution in [0.2, 0.25) is 0 Å². The molecule has 0 aromatic heterocycles. The summed E-state index contributed by atoms with van der Waals surface area (Å²) in [4.78, 5) is 11.8. The average Bonchev–Trinajstić information content (AvgIpc) is 2.91. The second-order valence-corrected chi connectivity index (χ2v) is 9.53. The van der Waals surface area contributed by atoms with Crippen molar-refractivity contribution in [1.82, 2.24) is 0 Å². The van der Waals surface area contributed by atoms with Gasteiger partial charge < -0.3 is 9.84 Å². The zero-order chi connectivity index (χ0) is 24.9. The first kappa shape index (κ1) is 23.8. The van der Waals surface area contributed by atoms with Crippen LogP contribution in [0.4, 0.5) is 4.39 Å². The quantitative estimate of drug-likeness (QED) is 0.270. The molecular formula is C32H29FO3. The van der Waals surface area contributed by atoms with Crippen molar-refractivity contribution in [3.63, 3.8) is 0 Å². The second kappa shape index (κ2) is 10.8. The highest BCUT2D eigenvalue weighted by atomic mass is 19.1. The van der Waals surface area contributed by atoms with Crippen LogP contribution < -0.4 is 4.74 Å². The third-order valence-corrected chi connectivity index (χ3v) is 6.96. The van der Waals surface area contributed by atoms with Crippen LogP contribution in [0.15, 0.2) is 78.9 Å². The van der Waals surface area contributed by atoms with Gasteiger partial charge in [-0.1, -0.05) is 67.8 Å². The molecule has 3 nitrogen and oxygen atoms in total. The zero-order valence-electron chi connectivity index (χ0n) is 20.1. The number of hydrogen-bond donors (Lipinski definition) is 1. The van der Waals surface area contributed by atoms with Crippen LogP contribution in [0.25, 0.3) is 34.1 Å². The van der Waals surface area contributed by atoms with Crippen LogP contribution in [0.1, 0.15) is 53.6 Å². The number of carboxylic acids is 1. The molecule has 0 spiro atoms. The molecule has 4 heteroatoms. The number of ether oxygens (including phenoxy) is 1. The lowest BCUT2D eigenvalue weighted by Crippen LogP contribution is -2.15. The van der Waals surface area contributed by atoms with E-state index in [2.05, 4.69) is 24.3 Å². The van der Waals surface area contributed by atoms with Crippen LogP contribution in [0.3, 0.4) is 0 Å². The van der Waals surface area contributed by atoms with Crippen molar-refractivity contribution in [2.24, 2.45) is 5.92 Å². The largest absolute Gasteiger partial charge is 0.493 e. The molecule has 36 heavy (non-hydrogen) atoms. The lowest BCUT2D eigenvalue weighted by molar-refractivity contribution is 0.0696. The fraction of sp³-hybridized carbons (Fsp3) is 0.219. The Kier molecular flexibility index (Phi) is 7.13. The molecule has 1 N–H and O–H groups in total. The highest BCUT2D eigenvalue weighted by molar-refractivity contribution is 5.95. The monoisotopic (exact) mass is 480 g/mol. The van der Waals surface area contributed by atoms with E-state index in [4.69, 9.17) is 4.74 Å². The average molecular weight is 481 g/mol. The number of fused-ring (bicyclic) bond motifs is 1. The summed E-state index contributed by atoms with van der Waals surface area (Å²) in [6.07, 6.45) is 10.2. The van der Waals surface area contributed by atoms with E-state index in [1.165, 1.54) is 44.2 Å². The molecule has 0 amide bonds. The van der Waals surface area contributed by atoms with Gasteiger partial charge in [-0.3, -0.25) is 0 Å². The van der Waals surface area contributed by atoms with Crippen molar-refractivity contribution >= 4 is 28.9 Å². The number of rotatable bonds is 7. The SMILES string of the molecule is O=C(O)c1ccc(-c2ccc(F)cc2)cc1C=Cc1ccc2cc(OCC3CCCCC3)ccc2c1. The molecule has 4 aromatic rings. The normalized spacial score (nSPS) is 14.4. The molecule has 0 radical (unpaired) electrons. The minimum atomic E-state index is -0.987. The molecule has 1 fully saturated rings. The maximum absolute atomic E-state index is 13.3. The predicted molar refractivity (Wildman–Crippen MR) is 144 cm³/mol. The van der Waals surface area contributed by atoms with E-state index in [9.17, 15) is 14.3 Å². The summed E-state index contributed by atoms with van der Waals surface area (Å²) in [6, 6.07) is 23.7. The van der Waals surface area contributed by atoms with Crippen molar-refractivity contribution in [1.29, 1.82) is 0 Å². The maximum atomic E-state index is 13.3. The molecule has 0 saturated heterocycles. The van der Waals surface area contributed by atoms with Crippen molar-refractivity contribution in [2.45, 2.75) is 32.1 Å². The fourth-order valence-corrected chi connectivity index (χ4v) is 4.91. The third kappa shape index (κ3) is 5.65. The van der Waals surface area contributed by atoms with Crippen LogP contribution in [-0.4, -0.2) is 17.7 Å². The van der Waals surface area contributed by atoms with Crippen molar-refractivity contribution in [3.05, 3.63) is 101 Å². The highest BCUT2D eigenvalue weighted by Crippen LogP contribution is 2.28. The topological polar surface area (TPSA) is 46.5 Å². The minimum Gasteiger partial charge on any atom is -0.493 e. The number of benzene rings is 4. The summed E-state index contributed by atoms with van der Waals surface area (Å²) < 4.78 is 19.4. The minimum absolute atomic E-state index is 0.220. The fourth-order valence-electron chi connectivity index (χ4n) is 4.91. The number of hydrogen-bond acceptors (Lipinski definition) is 2. The van der Waals surface area contributed by atoms with Gasteiger partial charge in [-0.25, -0.2) is 9.18 Å². The van der Waals surface area contributed by atoms with Gasteiger partial charge in [0, 0.05) is 0 Å². The Morgan fingerprint density at radius 1 is 0.833 bits per heavy atom. The van der Waals surface area contributed by atoms with E-state index in [1.54, 1.807) is 24.3 Å². The van der Waals surface area contributed by atoms with Gasteiger partial charge in [0.25, 0.3) is 0 Å². The Morgan fingerprint density at radius 2 is 1.56 bits per heavy atom. The summed E-state index contributed by atoms with van der Waals surface area (Å²) in [6.45, 7) is 0.787. The van der Waals surface area contributed by atoms with Crippen LogP contribution >= 0.6 is 0 Å². The van der Waals surface area contributed by atoms with E-state index in [0.717, 1.165) is 39.8 Å². The number of carboxylic acid groups (broad SMARTS) is 1.